The van der Waals surface area contributed by atoms with Crippen LogP contribution in [0.1, 0.15) is 16.8 Å². The van der Waals surface area contributed by atoms with Gasteiger partial charge < -0.3 is 10.6 Å². The lowest BCUT2D eigenvalue weighted by molar-refractivity contribution is -0.145. The van der Waals surface area contributed by atoms with Crippen LogP contribution in [0, 0.1) is 11.3 Å². The van der Waals surface area contributed by atoms with Crippen LogP contribution in [0.2, 0.25) is 0 Å². The average Bonchev–Trinajstić information content (AvgIpc) is 2.46. The van der Waals surface area contributed by atoms with E-state index in [-0.39, 0.29) is 37.9 Å². The summed E-state index contributed by atoms with van der Waals surface area (Å²) in [6.07, 6.45) is 0.130. The number of amides is 3. The van der Waals surface area contributed by atoms with Gasteiger partial charge in [0, 0.05) is 17.8 Å². The van der Waals surface area contributed by atoms with Gasteiger partial charge in [0.05, 0.1) is 25.6 Å². The molecular formula is C14H14N4O3. The average molecular weight is 286 g/mol. The molecule has 0 saturated carbocycles. The molecule has 7 nitrogen and oxygen atoms in total. The molecule has 1 saturated heterocycles. The van der Waals surface area contributed by atoms with E-state index in [4.69, 9.17) is 11.0 Å². The monoisotopic (exact) mass is 286 g/mol. The fraction of sp³-hybridized carbons (Fsp3) is 0.286. The summed E-state index contributed by atoms with van der Waals surface area (Å²) in [5.41, 5.74) is 6.19. The van der Waals surface area contributed by atoms with E-state index in [1.807, 2.05) is 6.07 Å². The minimum absolute atomic E-state index is 0.0626. The fourth-order valence-corrected chi connectivity index (χ4v) is 2.12. The number of carbonyl (C=O) groups excluding carboxylic acids is 3. The molecular weight excluding hydrogens is 272 g/mol. The normalized spacial score (nSPS) is 15.0. The van der Waals surface area contributed by atoms with Gasteiger partial charge in [-0.15, -0.1) is 0 Å². The van der Waals surface area contributed by atoms with E-state index < -0.39 is 5.91 Å². The van der Waals surface area contributed by atoms with Gasteiger partial charge in [-0.2, -0.15) is 5.26 Å². The molecule has 2 rings (SSSR count). The Balaban J connectivity index is 2.10. The molecule has 0 radical (unpaired) electrons. The van der Waals surface area contributed by atoms with Gasteiger partial charge in [-0.05, 0) is 24.3 Å². The lowest BCUT2D eigenvalue weighted by Crippen LogP contribution is -2.54. The SMILES string of the molecule is N#CCCN1C(=O)CN(c2ccc(C(N)=O)cc2)CC1=O. The van der Waals surface area contributed by atoms with Crippen LogP contribution >= 0.6 is 0 Å². The topological polar surface area (TPSA) is 108 Å². The van der Waals surface area contributed by atoms with Crippen LogP contribution in [0.3, 0.4) is 0 Å². The number of hydrogen-bond acceptors (Lipinski definition) is 5. The van der Waals surface area contributed by atoms with Gasteiger partial charge in [0.15, 0.2) is 0 Å². The Morgan fingerprint density at radius 1 is 1.19 bits per heavy atom. The third kappa shape index (κ3) is 3.17. The first-order chi connectivity index (χ1) is 10.0. The predicted octanol–water partition coefficient (Wildman–Crippen LogP) is -0.126. The molecule has 1 aliphatic rings. The maximum absolute atomic E-state index is 11.9. The van der Waals surface area contributed by atoms with Gasteiger partial charge in [-0.3, -0.25) is 19.3 Å². The second-order valence-corrected chi connectivity index (χ2v) is 4.61. The Kier molecular flexibility index (Phi) is 4.18. The van der Waals surface area contributed by atoms with E-state index in [1.165, 1.54) is 0 Å². The van der Waals surface area contributed by atoms with Crippen LogP contribution in [-0.4, -0.2) is 42.3 Å². The summed E-state index contributed by atoms with van der Waals surface area (Å²) in [7, 11) is 0. The standard InChI is InChI=1S/C14H14N4O3/c15-6-1-7-18-12(19)8-17(9-13(18)20)11-4-2-10(3-5-11)14(16)21/h2-5H,1,7-9H2,(H2,16,21). The van der Waals surface area contributed by atoms with Crippen LogP contribution in [0.4, 0.5) is 5.69 Å². The van der Waals surface area contributed by atoms with Crippen LogP contribution < -0.4 is 10.6 Å². The Morgan fingerprint density at radius 2 is 1.76 bits per heavy atom. The molecule has 1 heterocycles. The maximum Gasteiger partial charge on any atom is 0.248 e. The minimum atomic E-state index is -0.532. The van der Waals surface area contributed by atoms with Gasteiger partial charge in [-0.1, -0.05) is 0 Å². The number of anilines is 1. The first-order valence-corrected chi connectivity index (χ1v) is 6.38. The van der Waals surface area contributed by atoms with Gasteiger partial charge in [-0.25, -0.2) is 0 Å². The second-order valence-electron chi connectivity index (χ2n) is 4.61. The number of nitrogens with two attached hydrogens (primary N) is 1. The van der Waals surface area contributed by atoms with E-state index in [0.717, 1.165) is 4.90 Å². The van der Waals surface area contributed by atoms with Crippen molar-refractivity contribution in [2.75, 3.05) is 24.5 Å². The van der Waals surface area contributed by atoms with Crippen molar-refractivity contribution in [2.45, 2.75) is 6.42 Å². The molecule has 21 heavy (non-hydrogen) atoms. The molecule has 0 aliphatic carbocycles. The van der Waals surface area contributed by atoms with E-state index in [1.54, 1.807) is 29.2 Å². The molecule has 7 heteroatoms. The maximum atomic E-state index is 11.9. The van der Waals surface area contributed by atoms with Gasteiger partial charge in [0.1, 0.15) is 0 Å². The highest BCUT2D eigenvalue weighted by Gasteiger charge is 2.30. The predicted molar refractivity (Wildman–Crippen MR) is 74.1 cm³/mol. The van der Waals surface area contributed by atoms with E-state index >= 15 is 0 Å². The molecule has 0 bridgehead atoms. The van der Waals surface area contributed by atoms with Crippen molar-refractivity contribution in [3.8, 4) is 6.07 Å². The van der Waals surface area contributed by atoms with Crippen LogP contribution in [0.15, 0.2) is 24.3 Å². The van der Waals surface area contributed by atoms with Crippen LogP contribution in [0.25, 0.3) is 0 Å². The Labute approximate surface area is 121 Å². The molecule has 1 aromatic carbocycles. The number of imide groups is 1. The first kappa shape index (κ1) is 14.5. The third-order valence-corrected chi connectivity index (χ3v) is 3.22. The summed E-state index contributed by atoms with van der Waals surface area (Å²) in [6.45, 7) is 0.253. The molecule has 0 aromatic heterocycles. The molecule has 1 aliphatic heterocycles. The van der Waals surface area contributed by atoms with Crippen molar-refractivity contribution in [3.63, 3.8) is 0 Å². The zero-order valence-electron chi connectivity index (χ0n) is 11.3. The Morgan fingerprint density at radius 3 is 2.24 bits per heavy atom. The van der Waals surface area contributed by atoms with Gasteiger partial charge in [0.2, 0.25) is 17.7 Å². The third-order valence-electron chi connectivity index (χ3n) is 3.22. The van der Waals surface area contributed by atoms with Crippen molar-refractivity contribution in [1.82, 2.24) is 4.90 Å². The lowest BCUT2D eigenvalue weighted by atomic mass is 10.1. The van der Waals surface area contributed by atoms with E-state index in [2.05, 4.69) is 0 Å². The van der Waals surface area contributed by atoms with E-state index in [0.29, 0.717) is 11.3 Å². The molecule has 1 aromatic rings. The molecule has 0 unspecified atom stereocenters. The van der Waals surface area contributed by atoms with Crippen LogP contribution in [0.5, 0.6) is 0 Å². The Hall–Kier alpha value is -2.88. The molecule has 1 fully saturated rings. The lowest BCUT2D eigenvalue weighted by Gasteiger charge is -2.33. The summed E-state index contributed by atoms with van der Waals surface area (Å²) < 4.78 is 0. The first-order valence-electron chi connectivity index (χ1n) is 6.38. The van der Waals surface area contributed by atoms with Gasteiger partial charge in [0.25, 0.3) is 0 Å². The number of primary amides is 1. The molecule has 0 spiro atoms. The fourth-order valence-electron chi connectivity index (χ4n) is 2.12. The quantitative estimate of drug-likeness (QED) is 0.776. The summed E-state index contributed by atoms with van der Waals surface area (Å²) in [5.74, 6) is -1.20. The van der Waals surface area contributed by atoms with Crippen molar-refractivity contribution >= 4 is 23.4 Å². The van der Waals surface area contributed by atoms with Crippen molar-refractivity contribution in [2.24, 2.45) is 5.73 Å². The Bertz CT molecular complexity index is 600. The number of nitrogens with zero attached hydrogens (tertiary/aromatic N) is 3. The molecule has 3 amide bonds. The smallest absolute Gasteiger partial charge is 0.248 e. The molecule has 108 valence electrons. The molecule has 2 N–H and O–H groups in total. The number of rotatable bonds is 4. The highest BCUT2D eigenvalue weighted by atomic mass is 16.2. The summed E-state index contributed by atoms with van der Waals surface area (Å²) in [6, 6.07) is 8.30. The minimum Gasteiger partial charge on any atom is -0.366 e. The summed E-state index contributed by atoms with van der Waals surface area (Å²) in [4.78, 5) is 37.6. The van der Waals surface area contributed by atoms with Crippen molar-refractivity contribution in [3.05, 3.63) is 29.8 Å². The van der Waals surface area contributed by atoms with Gasteiger partial charge >= 0.3 is 0 Å². The zero-order valence-corrected chi connectivity index (χ0v) is 11.3. The summed E-state index contributed by atoms with van der Waals surface area (Å²) in [5, 5.41) is 8.52. The number of piperazine rings is 1. The largest absolute Gasteiger partial charge is 0.366 e. The number of nitriles is 1. The summed E-state index contributed by atoms with van der Waals surface area (Å²) >= 11 is 0. The molecule has 0 atom stereocenters. The second kappa shape index (κ2) is 6.05. The van der Waals surface area contributed by atoms with Crippen molar-refractivity contribution < 1.29 is 14.4 Å². The number of carbonyl (C=O) groups is 3. The number of benzene rings is 1. The number of hydrogen-bond donors (Lipinski definition) is 1. The highest BCUT2D eigenvalue weighted by molar-refractivity contribution is 6.03. The van der Waals surface area contributed by atoms with Crippen molar-refractivity contribution in [1.29, 1.82) is 5.26 Å². The van der Waals surface area contributed by atoms with E-state index in [9.17, 15) is 14.4 Å². The highest BCUT2D eigenvalue weighted by Crippen LogP contribution is 2.18. The zero-order chi connectivity index (χ0) is 15.4. The van der Waals surface area contributed by atoms with Crippen LogP contribution in [-0.2, 0) is 9.59 Å².